The number of carboxylic acid groups (broad SMARTS) is 1. The number of methoxy groups -OCH3 is 1. The Kier molecular flexibility index (Phi) is 4.95. The average molecular weight is 346 g/mol. The zero-order valence-corrected chi connectivity index (χ0v) is 14.3. The minimum absolute atomic E-state index is 0.171. The van der Waals surface area contributed by atoms with E-state index in [1.807, 2.05) is 24.3 Å². The number of aliphatic carboxylic acids is 1. The van der Waals surface area contributed by atoms with Gasteiger partial charge in [-0.05, 0) is 47.7 Å². The van der Waals surface area contributed by atoms with Gasteiger partial charge in [-0.1, -0.05) is 29.8 Å². The van der Waals surface area contributed by atoms with Gasteiger partial charge in [-0.15, -0.1) is 0 Å². The van der Waals surface area contributed by atoms with Gasteiger partial charge in [-0.3, -0.25) is 4.79 Å². The fourth-order valence-electron chi connectivity index (χ4n) is 3.13. The summed E-state index contributed by atoms with van der Waals surface area (Å²) in [4.78, 5) is 13.0. The van der Waals surface area contributed by atoms with E-state index in [0.29, 0.717) is 11.4 Å². The van der Waals surface area contributed by atoms with E-state index in [1.54, 1.807) is 7.11 Å². The van der Waals surface area contributed by atoms with Crippen molar-refractivity contribution in [2.45, 2.75) is 25.8 Å². The van der Waals surface area contributed by atoms with Gasteiger partial charge in [0, 0.05) is 24.5 Å². The van der Waals surface area contributed by atoms with Gasteiger partial charge in [0.1, 0.15) is 5.75 Å². The fraction of sp³-hybridized carbons (Fsp3) is 0.316. The number of carboxylic acids is 1. The molecule has 126 valence electrons. The first-order valence-corrected chi connectivity index (χ1v) is 8.35. The number of anilines is 1. The first-order chi connectivity index (χ1) is 11.6. The maximum atomic E-state index is 10.7. The van der Waals surface area contributed by atoms with Crippen molar-refractivity contribution in [3.63, 3.8) is 0 Å². The number of halogens is 1. The molecular formula is C19H20ClNO3. The summed E-state index contributed by atoms with van der Waals surface area (Å²) in [6, 6.07) is 11.9. The molecule has 2 aromatic carbocycles. The molecule has 1 N–H and O–H groups in total. The van der Waals surface area contributed by atoms with Gasteiger partial charge in [0.25, 0.3) is 0 Å². The van der Waals surface area contributed by atoms with Crippen molar-refractivity contribution in [2.75, 3.05) is 18.6 Å². The molecule has 0 amide bonds. The lowest BCUT2D eigenvalue weighted by Gasteiger charge is -2.32. The third-order valence-electron chi connectivity index (χ3n) is 4.39. The van der Waals surface area contributed by atoms with Crippen LogP contribution < -0.4 is 9.64 Å². The molecule has 0 radical (unpaired) electrons. The van der Waals surface area contributed by atoms with Gasteiger partial charge >= 0.3 is 5.97 Å². The van der Waals surface area contributed by atoms with E-state index in [0.717, 1.165) is 36.5 Å². The number of ether oxygens (including phenoxy) is 1. The van der Waals surface area contributed by atoms with E-state index >= 15 is 0 Å². The highest BCUT2D eigenvalue weighted by Gasteiger charge is 2.20. The molecule has 0 saturated carbocycles. The van der Waals surface area contributed by atoms with Gasteiger partial charge < -0.3 is 14.7 Å². The van der Waals surface area contributed by atoms with Gasteiger partial charge in [0.05, 0.1) is 12.8 Å². The van der Waals surface area contributed by atoms with E-state index in [9.17, 15) is 4.79 Å². The molecule has 3 rings (SSSR count). The highest BCUT2D eigenvalue weighted by Crippen LogP contribution is 2.34. The first-order valence-electron chi connectivity index (χ1n) is 7.98. The van der Waals surface area contributed by atoms with E-state index in [4.69, 9.17) is 21.4 Å². The van der Waals surface area contributed by atoms with Crippen LogP contribution >= 0.6 is 11.6 Å². The van der Waals surface area contributed by atoms with Crippen LogP contribution in [-0.4, -0.2) is 24.7 Å². The van der Waals surface area contributed by atoms with Crippen LogP contribution in [0.15, 0.2) is 36.4 Å². The average Bonchev–Trinajstić information content (AvgIpc) is 2.59. The highest BCUT2D eigenvalue weighted by molar-refractivity contribution is 6.30. The van der Waals surface area contributed by atoms with Crippen LogP contribution in [0.2, 0.25) is 5.02 Å². The highest BCUT2D eigenvalue weighted by atomic mass is 35.5. The van der Waals surface area contributed by atoms with Crippen LogP contribution in [0.3, 0.4) is 0 Å². The summed E-state index contributed by atoms with van der Waals surface area (Å²) in [7, 11) is 1.67. The second-order valence-electron chi connectivity index (χ2n) is 5.98. The van der Waals surface area contributed by atoms with Crippen LogP contribution in [0.25, 0.3) is 0 Å². The summed E-state index contributed by atoms with van der Waals surface area (Å²) in [6.07, 6.45) is 1.67. The molecule has 0 saturated heterocycles. The normalized spacial score (nSPS) is 13.5. The first kappa shape index (κ1) is 16.7. The monoisotopic (exact) mass is 345 g/mol. The summed E-state index contributed by atoms with van der Waals surface area (Å²) in [5.74, 6) is 0.0628. The van der Waals surface area contributed by atoms with E-state index < -0.39 is 5.97 Å². The number of nitrogens with zero attached hydrogens (tertiary/aromatic N) is 1. The van der Waals surface area contributed by atoms with Crippen molar-refractivity contribution in [1.82, 2.24) is 0 Å². The molecule has 4 nitrogen and oxygen atoms in total. The number of aryl methyl sites for hydroxylation is 1. The Bertz CT molecular complexity index is 760. The van der Waals surface area contributed by atoms with Crippen molar-refractivity contribution < 1.29 is 14.6 Å². The van der Waals surface area contributed by atoms with E-state index in [-0.39, 0.29) is 6.42 Å². The number of benzene rings is 2. The largest absolute Gasteiger partial charge is 0.495 e. The summed E-state index contributed by atoms with van der Waals surface area (Å²) in [6.45, 7) is 1.68. The van der Waals surface area contributed by atoms with Crippen LogP contribution in [0.4, 0.5) is 5.69 Å². The lowest BCUT2D eigenvalue weighted by molar-refractivity contribution is -0.136. The minimum atomic E-state index is -0.757. The number of hydrogen-bond donors (Lipinski definition) is 1. The summed E-state index contributed by atoms with van der Waals surface area (Å²) >= 11 is 6.14. The molecule has 0 bridgehead atoms. The topological polar surface area (TPSA) is 49.8 Å². The molecule has 2 aromatic rings. The van der Waals surface area contributed by atoms with Crippen molar-refractivity contribution in [2.24, 2.45) is 0 Å². The summed E-state index contributed by atoms with van der Waals surface area (Å²) in [5, 5.41) is 9.51. The minimum Gasteiger partial charge on any atom is -0.495 e. The molecule has 5 heteroatoms. The van der Waals surface area contributed by atoms with Gasteiger partial charge in [-0.25, -0.2) is 0 Å². The molecule has 0 aromatic heterocycles. The number of rotatable bonds is 5. The lowest BCUT2D eigenvalue weighted by atomic mass is 9.95. The predicted molar refractivity (Wildman–Crippen MR) is 95.2 cm³/mol. The Morgan fingerprint density at radius 1 is 1.25 bits per heavy atom. The zero-order valence-electron chi connectivity index (χ0n) is 13.6. The van der Waals surface area contributed by atoms with Crippen molar-refractivity contribution in [3.8, 4) is 5.75 Å². The Labute approximate surface area is 146 Å². The third kappa shape index (κ3) is 3.65. The SMILES string of the molecule is COc1ccc(Cl)cc1N1CCc2cc(CCC(=O)O)ccc2C1. The molecule has 0 fully saturated rings. The standard InChI is InChI=1S/C19H20ClNO3/c1-24-18-6-5-16(20)11-17(18)21-9-8-14-10-13(3-7-19(22)23)2-4-15(14)12-21/h2,4-6,10-11H,3,7-9,12H2,1H3,(H,22,23). The lowest BCUT2D eigenvalue weighted by Crippen LogP contribution is -2.30. The Hall–Kier alpha value is -2.20. The molecule has 24 heavy (non-hydrogen) atoms. The number of hydrogen-bond acceptors (Lipinski definition) is 3. The second-order valence-corrected chi connectivity index (χ2v) is 6.42. The molecule has 0 atom stereocenters. The molecule has 1 aliphatic heterocycles. The Morgan fingerprint density at radius 2 is 2.08 bits per heavy atom. The predicted octanol–water partition coefficient (Wildman–Crippen LogP) is 3.93. The number of carbonyl (C=O) groups is 1. The molecule has 0 unspecified atom stereocenters. The van der Waals surface area contributed by atoms with Crippen LogP contribution in [0.1, 0.15) is 23.1 Å². The van der Waals surface area contributed by atoms with Crippen LogP contribution in [0.5, 0.6) is 5.75 Å². The van der Waals surface area contributed by atoms with Crippen molar-refractivity contribution in [1.29, 1.82) is 0 Å². The Balaban J connectivity index is 1.80. The van der Waals surface area contributed by atoms with Crippen LogP contribution in [0, 0.1) is 0 Å². The van der Waals surface area contributed by atoms with E-state index in [2.05, 4.69) is 17.0 Å². The quantitative estimate of drug-likeness (QED) is 0.892. The Morgan fingerprint density at radius 3 is 2.83 bits per heavy atom. The molecule has 0 spiro atoms. The zero-order chi connectivity index (χ0) is 17.1. The molecule has 0 aliphatic carbocycles. The third-order valence-corrected chi connectivity index (χ3v) is 4.63. The summed E-state index contributed by atoms with van der Waals surface area (Å²) < 4.78 is 5.46. The van der Waals surface area contributed by atoms with E-state index in [1.165, 1.54) is 11.1 Å². The van der Waals surface area contributed by atoms with Gasteiger partial charge in [0.15, 0.2) is 0 Å². The van der Waals surface area contributed by atoms with Gasteiger partial charge in [0.2, 0.25) is 0 Å². The fourth-order valence-corrected chi connectivity index (χ4v) is 3.30. The molecular weight excluding hydrogens is 326 g/mol. The smallest absolute Gasteiger partial charge is 0.303 e. The van der Waals surface area contributed by atoms with Gasteiger partial charge in [-0.2, -0.15) is 0 Å². The second kappa shape index (κ2) is 7.14. The number of fused-ring (bicyclic) bond motifs is 1. The molecule has 1 heterocycles. The summed E-state index contributed by atoms with van der Waals surface area (Å²) in [5.41, 5.74) is 4.66. The van der Waals surface area contributed by atoms with Crippen molar-refractivity contribution in [3.05, 3.63) is 58.1 Å². The maximum absolute atomic E-state index is 10.7. The maximum Gasteiger partial charge on any atom is 0.303 e. The van der Waals surface area contributed by atoms with Crippen molar-refractivity contribution >= 4 is 23.3 Å². The molecule has 1 aliphatic rings. The van der Waals surface area contributed by atoms with Crippen LogP contribution in [-0.2, 0) is 24.2 Å².